The molecule has 0 saturated heterocycles. The fourth-order valence-electron chi connectivity index (χ4n) is 5.12. The predicted molar refractivity (Wildman–Crippen MR) is 155 cm³/mol. The lowest BCUT2D eigenvalue weighted by Crippen LogP contribution is -2.46. The maximum absolute atomic E-state index is 14.9. The lowest BCUT2D eigenvalue weighted by atomic mass is 10.0. The topological polar surface area (TPSA) is 84.5 Å². The Kier molecular flexibility index (Phi) is 9.44. The normalized spacial score (nSPS) is 12.3. The number of halogens is 5. The average molecular weight is 618 g/mol. The largest absolute Gasteiger partial charge is 0.465 e. The lowest BCUT2D eigenvalue weighted by molar-refractivity contribution is -0.138. The first kappa shape index (κ1) is 31.6. The van der Waals surface area contributed by atoms with Crippen LogP contribution >= 0.6 is 11.6 Å². The molecular weight excluding hydrogens is 590 g/mol. The molecule has 1 N–H and O–H groups in total. The van der Waals surface area contributed by atoms with Crippen LogP contribution in [0.5, 0.6) is 0 Å². The molecular formula is C31H28ClF4N3O4. The van der Waals surface area contributed by atoms with Crippen molar-refractivity contribution in [1.82, 2.24) is 14.0 Å². The van der Waals surface area contributed by atoms with Crippen molar-refractivity contribution in [2.24, 2.45) is 0 Å². The number of carbonyl (C=O) groups is 1. The third-order valence-corrected chi connectivity index (χ3v) is 7.53. The highest BCUT2D eigenvalue weighted by atomic mass is 35.5. The van der Waals surface area contributed by atoms with Gasteiger partial charge >= 0.3 is 18.0 Å². The van der Waals surface area contributed by atoms with Gasteiger partial charge in [0.05, 0.1) is 30.3 Å². The number of rotatable bonds is 9. The van der Waals surface area contributed by atoms with Crippen LogP contribution in [-0.4, -0.2) is 31.8 Å². The van der Waals surface area contributed by atoms with Gasteiger partial charge in [-0.25, -0.2) is 14.0 Å². The van der Waals surface area contributed by atoms with E-state index < -0.39 is 59.6 Å². The van der Waals surface area contributed by atoms with Crippen LogP contribution in [0.4, 0.5) is 22.4 Å². The quantitative estimate of drug-likeness (QED) is 0.206. The molecule has 0 aliphatic carbocycles. The second-order valence-electron chi connectivity index (χ2n) is 9.89. The van der Waals surface area contributed by atoms with Crippen molar-refractivity contribution in [2.45, 2.75) is 45.6 Å². The first-order valence-corrected chi connectivity index (χ1v) is 13.7. The van der Waals surface area contributed by atoms with E-state index in [2.05, 4.69) is 0 Å². The van der Waals surface area contributed by atoms with Crippen molar-refractivity contribution in [2.75, 3.05) is 6.54 Å². The monoisotopic (exact) mass is 617 g/mol. The van der Waals surface area contributed by atoms with Crippen LogP contribution in [0.15, 0.2) is 82.4 Å². The van der Waals surface area contributed by atoms with Crippen LogP contribution in [0.3, 0.4) is 0 Å². The molecule has 1 unspecified atom stereocenters. The molecule has 0 aliphatic heterocycles. The van der Waals surface area contributed by atoms with Crippen molar-refractivity contribution in [3.63, 3.8) is 0 Å². The van der Waals surface area contributed by atoms with Crippen LogP contribution in [0.1, 0.15) is 41.8 Å². The van der Waals surface area contributed by atoms with E-state index in [1.807, 2.05) is 0 Å². The van der Waals surface area contributed by atoms with Crippen molar-refractivity contribution in [3.05, 3.63) is 127 Å². The van der Waals surface area contributed by atoms with Gasteiger partial charge in [0.15, 0.2) is 0 Å². The van der Waals surface area contributed by atoms with Gasteiger partial charge in [0.25, 0.3) is 5.56 Å². The molecule has 1 aromatic heterocycles. The summed E-state index contributed by atoms with van der Waals surface area (Å²) in [6, 6.07) is 16.1. The molecule has 226 valence electrons. The summed E-state index contributed by atoms with van der Waals surface area (Å²) in [5, 5.41) is 10.2. The third-order valence-electron chi connectivity index (χ3n) is 7.20. The van der Waals surface area contributed by atoms with E-state index in [1.165, 1.54) is 19.1 Å². The maximum atomic E-state index is 14.9. The summed E-state index contributed by atoms with van der Waals surface area (Å²) in [6.07, 6.45) is -5.78. The Labute approximate surface area is 249 Å². The minimum absolute atomic E-state index is 0.0318. The number of alkyl halides is 3. The second kappa shape index (κ2) is 12.9. The van der Waals surface area contributed by atoms with Crippen LogP contribution in [0, 0.1) is 12.7 Å². The van der Waals surface area contributed by atoms with Gasteiger partial charge in [-0.15, -0.1) is 0 Å². The van der Waals surface area contributed by atoms with Gasteiger partial charge < -0.3 is 5.11 Å². The molecule has 1 atom stereocenters. The van der Waals surface area contributed by atoms with Crippen LogP contribution < -0.4 is 11.2 Å². The number of carboxylic acid groups (broad SMARTS) is 1. The number of nitrogens with zero attached hydrogens (tertiary/aromatic N) is 3. The van der Waals surface area contributed by atoms with Crippen molar-refractivity contribution < 1.29 is 27.5 Å². The summed E-state index contributed by atoms with van der Waals surface area (Å²) < 4.78 is 58.2. The zero-order valence-corrected chi connectivity index (χ0v) is 24.0. The first-order valence-electron chi connectivity index (χ1n) is 13.3. The smallest absolute Gasteiger partial charge is 0.416 e. The molecule has 0 aliphatic rings. The number of hydrogen-bond donors (Lipinski definition) is 1. The summed E-state index contributed by atoms with van der Waals surface area (Å²) >= 11 is 6.42. The van der Waals surface area contributed by atoms with Crippen LogP contribution in [0.25, 0.3) is 11.1 Å². The minimum Gasteiger partial charge on any atom is -0.465 e. The van der Waals surface area contributed by atoms with Gasteiger partial charge in [-0.2, -0.15) is 13.2 Å². The highest BCUT2D eigenvalue weighted by molar-refractivity contribution is 6.33. The predicted octanol–water partition coefficient (Wildman–Crippen LogP) is 6.98. The average Bonchev–Trinajstić information content (AvgIpc) is 2.96. The van der Waals surface area contributed by atoms with Crippen LogP contribution in [-0.2, 0) is 19.3 Å². The van der Waals surface area contributed by atoms with Gasteiger partial charge in [-0.3, -0.25) is 18.8 Å². The Balaban J connectivity index is 2.03. The highest BCUT2D eigenvalue weighted by Crippen LogP contribution is 2.34. The minimum atomic E-state index is -4.92. The summed E-state index contributed by atoms with van der Waals surface area (Å²) in [7, 11) is 0. The molecule has 4 aromatic rings. The molecule has 1 amide bonds. The molecule has 4 rings (SSSR count). The number of hydrogen-bond acceptors (Lipinski definition) is 3. The van der Waals surface area contributed by atoms with E-state index in [1.54, 1.807) is 49.4 Å². The maximum Gasteiger partial charge on any atom is 0.416 e. The standard InChI is InChI=1S/C31H28ClF4N3O4/c1-3-16-37(30(42)43)26(20-10-5-4-6-11-20)18-39-28(40)27(21-12-7-8-14-24(21)32)19(2)38(29(39)41)17-22-23(31(34,35)36)13-9-15-25(22)33/h4-15,26H,3,16-18H2,1-2H3,(H,42,43). The number of benzene rings is 3. The van der Waals surface area contributed by atoms with E-state index >= 15 is 0 Å². The second-order valence-corrected chi connectivity index (χ2v) is 10.3. The summed E-state index contributed by atoms with van der Waals surface area (Å²) in [5.74, 6) is -1.18. The number of aromatic nitrogens is 2. The van der Waals surface area contributed by atoms with Crippen molar-refractivity contribution in [1.29, 1.82) is 0 Å². The molecule has 3 aromatic carbocycles. The zero-order valence-electron chi connectivity index (χ0n) is 23.2. The SMILES string of the molecule is CCCN(C(=O)O)C(Cn1c(=O)c(-c2ccccc2Cl)c(C)n(Cc2c(F)cccc2C(F)(F)F)c1=O)c1ccccc1. The molecule has 1 heterocycles. The molecule has 0 bridgehead atoms. The van der Waals surface area contributed by atoms with E-state index in [-0.39, 0.29) is 28.4 Å². The Morgan fingerprint density at radius 1 is 0.977 bits per heavy atom. The van der Waals surface area contributed by atoms with Gasteiger partial charge in [0.2, 0.25) is 0 Å². The first-order chi connectivity index (χ1) is 20.4. The molecule has 12 heteroatoms. The summed E-state index contributed by atoms with van der Waals surface area (Å²) in [6.45, 7) is 1.90. The molecule has 0 fully saturated rings. The Morgan fingerprint density at radius 3 is 2.23 bits per heavy atom. The van der Waals surface area contributed by atoms with Crippen molar-refractivity contribution in [3.8, 4) is 11.1 Å². The summed E-state index contributed by atoms with van der Waals surface area (Å²) in [5.41, 5.74) is -3.32. The molecule has 43 heavy (non-hydrogen) atoms. The molecule has 0 saturated carbocycles. The fraction of sp³-hybridized carbons (Fsp3) is 0.258. The van der Waals surface area contributed by atoms with E-state index in [9.17, 15) is 37.1 Å². The molecule has 7 nitrogen and oxygen atoms in total. The highest BCUT2D eigenvalue weighted by Gasteiger charge is 2.35. The lowest BCUT2D eigenvalue weighted by Gasteiger charge is -2.30. The van der Waals surface area contributed by atoms with E-state index in [0.717, 1.165) is 26.2 Å². The van der Waals surface area contributed by atoms with Gasteiger partial charge in [-0.1, -0.05) is 73.1 Å². The van der Waals surface area contributed by atoms with Gasteiger partial charge in [0, 0.05) is 28.4 Å². The van der Waals surface area contributed by atoms with Gasteiger partial charge in [-0.05, 0) is 37.1 Å². The van der Waals surface area contributed by atoms with Crippen molar-refractivity contribution >= 4 is 17.7 Å². The Hall–Kier alpha value is -4.38. The Bertz CT molecular complexity index is 1750. The Morgan fingerprint density at radius 2 is 1.63 bits per heavy atom. The molecule has 0 radical (unpaired) electrons. The van der Waals surface area contributed by atoms with Crippen LogP contribution in [0.2, 0.25) is 5.02 Å². The number of amides is 1. The summed E-state index contributed by atoms with van der Waals surface area (Å²) in [4.78, 5) is 41.5. The third kappa shape index (κ3) is 6.51. The molecule has 0 spiro atoms. The fourth-order valence-corrected chi connectivity index (χ4v) is 5.35. The zero-order chi connectivity index (χ0) is 31.5. The van der Waals surface area contributed by atoms with E-state index in [0.29, 0.717) is 18.1 Å². The van der Waals surface area contributed by atoms with E-state index in [4.69, 9.17) is 11.6 Å². The van der Waals surface area contributed by atoms with Gasteiger partial charge in [0.1, 0.15) is 5.82 Å².